The van der Waals surface area contributed by atoms with Gasteiger partial charge in [0.05, 0.1) is 18.4 Å². The molecule has 0 atom stereocenters. The summed E-state index contributed by atoms with van der Waals surface area (Å²) in [6.07, 6.45) is 3.21. The Hall–Kier alpha value is -4.39. The Morgan fingerprint density at radius 1 is 1.03 bits per heavy atom. The second-order valence-electron chi connectivity index (χ2n) is 7.54. The van der Waals surface area contributed by atoms with Gasteiger partial charge in [0.2, 0.25) is 0 Å². The van der Waals surface area contributed by atoms with Gasteiger partial charge in [-0.1, -0.05) is 48.5 Å². The lowest BCUT2D eigenvalue weighted by molar-refractivity contribution is 0.0992. The summed E-state index contributed by atoms with van der Waals surface area (Å²) in [6.45, 7) is 0.594. The highest BCUT2D eigenvalue weighted by Gasteiger charge is 2.13. The first-order valence-corrected chi connectivity index (χ1v) is 10.4. The number of anilines is 1. The Kier molecular flexibility index (Phi) is 5.59. The second-order valence-corrected chi connectivity index (χ2v) is 7.54. The smallest absolute Gasteiger partial charge is 0.291 e. The summed E-state index contributed by atoms with van der Waals surface area (Å²) in [6, 6.07) is 23.5. The van der Waals surface area contributed by atoms with Crippen LogP contribution in [0.4, 0.5) is 10.1 Å². The summed E-state index contributed by atoms with van der Waals surface area (Å²) in [4.78, 5) is 12.6. The van der Waals surface area contributed by atoms with E-state index in [9.17, 15) is 9.18 Å². The van der Waals surface area contributed by atoms with Crippen LogP contribution in [0.25, 0.3) is 10.8 Å². The number of carbonyl (C=O) groups excluding carboxylic acids is 1. The number of nitrogens with zero attached hydrogens (tertiary/aromatic N) is 2. The number of benzene rings is 3. The largest absolute Gasteiger partial charge is 0.485 e. The van der Waals surface area contributed by atoms with Crippen LogP contribution in [0.15, 0.2) is 95.7 Å². The maximum Gasteiger partial charge on any atom is 0.291 e. The van der Waals surface area contributed by atoms with Gasteiger partial charge in [-0.15, -0.1) is 0 Å². The molecular formula is C26H20FN3O3. The topological polar surface area (TPSA) is 69.3 Å². The number of furan rings is 1. The summed E-state index contributed by atoms with van der Waals surface area (Å²) >= 11 is 0. The van der Waals surface area contributed by atoms with Crippen molar-refractivity contribution < 1.29 is 18.3 Å². The average Bonchev–Trinajstić information content (AvgIpc) is 3.47. The number of carbonyl (C=O) groups is 1. The molecule has 1 amide bonds. The molecule has 164 valence electrons. The summed E-state index contributed by atoms with van der Waals surface area (Å²) in [5.74, 6) is 0.767. The number of aromatic nitrogens is 2. The van der Waals surface area contributed by atoms with Gasteiger partial charge in [-0.2, -0.15) is 5.10 Å². The third-order valence-corrected chi connectivity index (χ3v) is 5.13. The van der Waals surface area contributed by atoms with Gasteiger partial charge in [-0.25, -0.2) is 4.39 Å². The normalized spacial score (nSPS) is 10.9. The molecular weight excluding hydrogens is 421 g/mol. The van der Waals surface area contributed by atoms with Crippen molar-refractivity contribution in [3.63, 3.8) is 0 Å². The molecule has 1 N–H and O–H groups in total. The molecule has 0 aliphatic carbocycles. The van der Waals surface area contributed by atoms with Gasteiger partial charge in [0, 0.05) is 11.6 Å². The zero-order valence-corrected chi connectivity index (χ0v) is 17.6. The molecule has 0 unspecified atom stereocenters. The third kappa shape index (κ3) is 4.77. The minimum Gasteiger partial charge on any atom is -0.485 e. The number of ether oxygens (including phenoxy) is 1. The van der Waals surface area contributed by atoms with E-state index in [-0.39, 0.29) is 18.2 Å². The van der Waals surface area contributed by atoms with Crippen LogP contribution in [-0.2, 0) is 13.2 Å². The van der Waals surface area contributed by atoms with Crippen molar-refractivity contribution in [1.82, 2.24) is 9.78 Å². The molecule has 33 heavy (non-hydrogen) atoms. The second kappa shape index (κ2) is 9.00. The summed E-state index contributed by atoms with van der Waals surface area (Å²) in [7, 11) is 0. The van der Waals surface area contributed by atoms with Crippen molar-refractivity contribution >= 4 is 22.4 Å². The SMILES string of the molecule is O=C(Nc1cnn(Cc2cccc(F)c2)c1)c1ccc(COc2cccc3ccccc23)o1. The average molecular weight is 441 g/mol. The molecule has 2 aromatic heterocycles. The fraction of sp³-hybridized carbons (Fsp3) is 0.0769. The van der Waals surface area contributed by atoms with E-state index < -0.39 is 5.91 Å². The van der Waals surface area contributed by atoms with Crippen LogP contribution in [0.5, 0.6) is 5.75 Å². The predicted molar refractivity (Wildman–Crippen MR) is 123 cm³/mol. The van der Waals surface area contributed by atoms with Crippen molar-refractivity contribution in [2.75, 3.05) is 5.32 Å². The molecule has 0 saturated carbocycles. The number of hydrogen-bond donors (Lipinski definition) is 1. The van der Waals surface area contributed by atoms with Crippen LogP contribution < -0.4 is 10.1 Å². The predicted octanol–water partition coefficient (Wildman–Crippen LogP) is 5.65. The lowest BCUT2D eigenvalue weighted by atomic mass is 10.1. The van der Waals surface area contributed by atoms with Crippen molar-refractivity contribution in [3.05, 3.63) is 114 Å². The molecule has 0 saturated heterocycles. The van der Waals surface area contributed by atoms with Crippen LogP contribution in [-0.4, -0.2) is 15.7 Å². The standard InChI is InChI=1S/C26H20FN3O3/c27-20-8-3-5-18(13-20)15-30-16-21(14-28-30)29-26(31)25-12-11-22(33-25)17-32-24-10-4-7-19-6-1-2-9-23(19)24/h1-14,16H,15,17H2,(H,29,31). The highest BCUT2D eigenvalue weighted by molar-refractivity contribution is 6.02. The highest BCUT2D eigenvalue weighted by atomic mass is 19.1. The van der Waals surface area contributed by atoms with Gasteiger partial charge in [-0.3, -0.25) is 9.48 Å². The number of amides is 1. The fourth-order valence-electron chi connectivity index (χ4n) is 3.58. The van der Waals surface area contributed by atoms with Gasteiger partial charge in [0.1, 0.15) is 23.9 Å². The molecule has 0 radical (unpaired) electrons. The molecule has 0 aliphatic heterocycles. The van der Waals surface area contributed by atoms with Crippen molar-refractivity contribution in [3.8, 4) is 5.75 Å². The number of halogens is 1. The van der Waals surface area contributed by atoms with Crippen LogP contribution in [0.1, 0.15) is 21.9 Å². The Morgan fingerprint density at radius 2 is 1.88 bits per heavy atom. The third-order valence-electron chi connectivity index (χ3n) is 5.13. The van der Waals surface area contributed by atoms with Gasteiger partial charge >= 0.3 is 0 Å². The highest BCUT2D eigenvalue weighted by Crippen LogP contribution is 2.26. The Morgan fingerprint density at radius 3 is 2.79 bits per heavy atom. The Balaban J connectivity index is 1.20. The zero-order valence-electron chi connectivity index (χ0n) is 17.6. The molecule has 0 spiro atoms. The molecule has 5 aromatic rings. The fourth-order valence-corrected chi connectivity index (χ4v) is 3.58. The summed E-state index contributed by atoms with van der Waals surface area (Å²) in [5.41, 5.74) is 1.29. The van der Waals surface area contributed by atoms with E-state index in [2.05, 4.69) is 10.4 Å². The molecule has 3 aromatic carbocycles. The Bertz CT molecular complexity index is 1420. The van der Waals surface area contributed by atoms with E-state index in [0.717, 1.165) is 22.1 Å². The van der Waals surface area contributed by atoms with Crippen LogP contribution >= 0.6 is 0 Å². The molecule has 0 aliphatic rings. The molecule has 2 heterocycles. The number of fused-ring (bicyclic) bond motifs is 1. The monoisotopic (exact) mass is 441 g/mol. The van der Waals surface area contributed by atoms with Crippen molar-refractivity contribution in [2.45, 2.75) is 13.2 Å². The molecule has 6 nitrogen and oxygen atoms in total. The first-order valence-electron chi connectivity index (χ1n) is 10.4. The molecule has 0 fully saturated rings. The van der Waals surface area contributed by atoms with E-state index in [1.165, 1.54) is 18.3 Å². The van der Waals surface area contributed by atoms with Gasteiger partial charge in [0.15, 0.2) is 5.76 Å². The number of rotatable bonds is 7. The van der Waals surface area contributed by atoms with Crippen molar-refractivity contribution in [2.24, 2.45) is 0 Å². The van der Waals surface area contributed by atoms with Crippen LogP contribution in [0.2, 0.25) is 0 Å². The lowest BCUT2D eigenvalue weighted by Crippen LogP contribution is -2.10. The van der Waals surface area contributed by atoms with E-state index in [0.29, 0.717) is 18.0 Å². The number of hydrogen-bond acceptors (Lipinski definition) is 4. The minimum absolute atomic E-state index is 0.171. The van der Waals surface area contributed by atoms with Gasteiger partial charge in [0.25, 0.3) is 5.91 Å². The van der Waals surface area contributed by atoms with Crippen molar-refractivity contribution in [1.29, 1.82) is 0 Å². The Labute approximate surface area is 189 Å². The van der Waals surface area contributed by atoms with Gasteiger partial charge < -0.3 is 14.5 Å². The quantitative estimate of drug-likeness (QED) is 0.354. The first kappa shape index (κ1) is 20.5. The molecule has 7 heteroatoms. The van der Waals surface area contributed by atoms with E-state index in [4.69, 9.17) is 9.15 Å². The zero-order chi connectivity index (χ0) is 22.6. The number of nitrogens with one attached hydrogen (secondary N) is 1. The lowest BCUT2D eigenvalue weighted by Gasteiger charge is -2.07. The van der Waals surface area contributed by atoms with E-state index in [1.807, 2.05) is 48.5 Å². The molecule has 5 rings (SSSR count). The first-order chi connectivity index (χ1) is 16.1. The maximum atomic E-state index is 13.4. The van der Waals surface area contributed by atoms with Crippen LogP contribution in [0.3, 0.4) is 0 Å². The summed E-state index contributed by atoms with van der Waals surface area (Å²) in [5, 5.41) is 9.07. The summed E-state index contributed by atoms with van der Waals surface area (Å²) < 4.78 is 26.6. The maximum absolute atomic E-state index is 13.4. The van der Waals surface area contributed by atoms with Gasteiger partial charge in [-0.05, 0) is 41.3 Å². The van der Waals surface area contributed by atoms with E-state index >= 15 is 0 Å². The van der Waals surface area contributed by atoms with Crippen LogP contribution in [0, 0.1) is 5.82 Å². The minimum atomic E-state index is -0.392. The molecule has 0 bridgehead atoms. The van der Waals surface area contributed by atoms with E-state index in [1.54, 1.807) is 29.1 Å².